The molecule has 2 aromatic heterocycles. The monoisotopic (exact) mass is 296 g/mol. The van der Waals surface area contributed by atoms with Gasteiger partial charge in [-0.1, -0.05) is 12.5 Å². The molecule has 2 bridgehead atoms. The molecule has 0 spiro atoms. The van der Waals surface area contributed by atoms with Crippen LogP contribution in [0.3, 0.4) is 0 Å². The van der Waals surface area contributed by atoms with Crippen LogP contribution in [0.5, 0.6) is 0 Å². The summed E-state index contributed by atoms with van der Waals surface area (Å²) in [7, 11) is 0. The Hall–Kier alpha value is -2.17. The first-order chi connectivity index (χ1) is 10.8. The number of carbonyl (C=O) groups excluding carboxylic acids is 1. The summed E-state index contributed by atoms with van der Waals surface area (Å²) in [6.07, 6.45) is 8.49. The number of aromatic nitrogens is 3. The van der Waals surface area contributed by atoms with Gasteiger partial charge < -0.3 is 5.32 Å². The average Bonchev–Trinajstić information content (AvgIpc) is 3.25. The number of carbonyl (C=O) groups is 1. The predicted octanol–water partition coefficient (Wildman–Crippen LogP) is 2.70. The highest BCUT2D eigenvalue weighted by Crippen LogP contribution is 2.48. The number of anilines is 1. The Morgan fingerprint density at radius 3 is 2.95 bits per heavy atom. The first kappa shape index (κ1) is 13.5. The van der Waals surface area contributed by atoms with E-state index in [1.54, 1.807) is 10.9 Å². The van der Waals surface area contributed by atoms with Gasteiger partial charge in [0.1, 0.15) is 0 Å². The molecule has 5 nitrogen and oxygen atoms in total. The highest BCUT2D eigenvalue weighted by atomic mass is 16.2. The van der Waals surface area contributed by atoms with Crippen LogP contribution in [0.25, 0.3) is 0 Å². The van der Waals surface area contributed by atoms with Crippen molar-refractivity contribution in [2.45, 2.75) is 32.2 Å². The number of pyridine rings is 1. The lowest BCUT2D eigenvalue weighted by Gasteiger charge is -2.20. The quantitative estimate of drug-likeness (QED) is 0.943. The van der Waals surface area contributed by atoms with Crippen molar-refractivity contribution >= 4 is 11.7 Å². The molecule has 1 N–H and O–H groups in total. The van der Waals surface area contributed by atoms with Gasteiger partial charge in [0.2, 0.25) is 5.91 Å². The van der Waals surface area contributed by atoms with Crippen molar-refractivity contribution in [2.75, 3.05) is 5.32 Å². The normalized spacial score (nSPS) is 26.3. The summed E-state index contributed by atoms with van der Waals surface area (Å²) in [5, 5.41) is 7.41. The summed E-state index contributed by atoms with van der Waals surface area (Å²) in [5.41, 5.74) is 0.955. The van der Waals surface area contributed by atoms with Gasteiger partial charge >= 0.3 is 0 Å². The van der Waals surface area contributed by atoms with E-state index in [2.05, 4.69) is 15.4 Å². The minimum atomic E-state index is 0.148. The Labute approximate surface area is 129 Å². The molecule has 5 heteroatoms. The fraction of sp³-hybridized carbons (Fsp3) is 0.471. The second kappa shape index (κ2) is 5.55. The zero-order valence-electron chi connectivity index (χ0n) is 12.5. The van der Waals surface area contributed by atoms with Gasteiger partial charge in [0.05, 0.1) is 12.2 Å². The molecule has 0 radical (unpaired) electrons. The third kappa shape index (κ3) is 2.63. The van der Waals surface area contributed by atoms with Crippen LogP contribution in [0.1, 0.15) is 31.4 Å². The highest BCUT2D eigenvalue weighted by Gasteiger charge is 2.43. The summed E-state index contributed by atoms with van der Waals surface area (Å²) in [6.45, 7) is 0.616. The summed E-state index contributed by atoms with van der Waals surface area (Å²) in [4.78, 5) is 16.7. The van der Waals surface area contributed by atoms with Crippen LogP contribution < -0.4 is 5.32 Å². The van der Waals surface area contributed by atoms with Crippen LogP contribution in [0, 0.1) is 17.8 Å². The van der Waals surface area contributed by atoms with Gasteiger partial charge in [-0.25, -0.2) is 0 Å². The molecule has 114 valence electrons. The molecule has 2 aromatic rings. The van der Waals surface area contributed by atoms with Crippen molar-refractivity contribution in [3.8, 4) is 0 Å². The molecule has 22 heavy (non-hydrogen) atoms. The molecule has 3 atom stereocenters. The molecule has 0 aliphatic heterocycles. The third-order valence-corrected chi connectivity index (χ3v) is 5.02. The molecular formula is C17H20N4O. The van der Waals surface area contributed by atoms with Gasteiger partial charge in [0, 0.05) is 24.4 Å². The number of nitrogens with zero attached hydrogens (tertiary/aromatic N) is 3. The van der Waals surface area contributed by atoms with Crippen LogP contribution in [0.2, 0.25) is 0 Å². The lowest BCUT2D eigenvalue weighted by Crippen LogP contribution is -2.27. The number of fused-ring (bicyclic) bond motifs is 2. The van der Waals surface area contributed by atoms with Gasteiger partial charge in [-0.3, -0.25) is 14.5 Å². The van der Waals surface area contributed by atoms with Gasteiger partial charge in [-0.15, -0.1) is 0 Å². The van der Waals surface area contributed by atoms with E-state index < -0.39 is 0 Å². The Kier molecular flexibility index (Phi) is 3.41. The maximum absolute atomic E-state index is 12.4. The molecule has 0 aromatic carbocycles. The molecule has 3 unspecified atom stereocenters. The SMILES string of the molecule is O=C(Nc1ccn(Cc2ccccn2)n1)C1CC2CCC1C2. The summed E-state index contributed by atoms with van der Waals surface area (Å²) >= 11 is 0. The second-order valence-electron chi connectivity index (χ2n) is 6.49. The van der Waals surface area contributed by atoms with Gasteiger partial charge in [-0.2, -0.15) is 5.10 Å². The smallest absolute Gasteiger partial charge is 0.228 e. The van der Waals surface area contributed by atoms with Crippen molar-refractivity contribution < 1.29 is 4.79 Å². The van der Waals surface area contributed by atoms with Crippen molar-refractivity contribution in [1.82, 2.24) is 14.8 Å². The van der Waals surface area contributed by atoms with E-state index in [0.717, 1.165) is 18.0 Å². The second-order valence-corrected chi connectivity index (χ2v) is 6.49. The maximum Gasteiger partial charge on any atom is 0.228 e. The lowest BCUT2D eigenvalue weighted by molar-refractivity contribution is -0.121. The van der Waals surface area contributed by atoms with E-state index in [4.69, 9.17) is 0 Å². The molecule has 4 rings (SSSR count). The van der Waals surface area contributed by atoms with Crippen molar-refractivity contribution in [1.29, 1.82) is 0 Å². The zero-order chi connectivity index (χ0) is 14.9. The molecule has 0 saturated heterocycles. The van der Waals surface area contributed by atoms with Crippen molar-refractivity contribution in [2.24, 2.45) is 17.8 Å². The molecule has 2 heterocycles. The Morgan fingerprint density at radius 1 is 1.27 bits per heavy atom. The number of hydrogen-bond donors (Lipinski definition) is 1. The first-order valence-electron chi connectivity index (χ1n) is 8.02. The molecule has 2 aliphatic carbocycles. The van der Waals surface area contributed by atoms with Crippen LogP contribution in [-0.2, 0) is 11.3 Å². The Bertz CT molecular complexity index is 666. The minimum Gasteiger partial charge on any atom is -0.309 e. The molecular weight excluding hydrogens is 276 g/mol. The van der Waals surface area contributed by atoms with Crippen LogP contribution in [-0.4, -0.2) is 20.7 Å². The van der Waals surface area contributed by atoms with Crippen LogP contribution in [0.15, 0.2) is 36.7 Å². The summed E-state index contributed by atoms with van der Waals surface area (Å²) < 4.78 is 1.80. The van der Waals surface area contributed by atoms with Crippen molar-refractivity contribution in [3.05, 3.63) is 42.4 Å². The summed E-state index contributed by atoms with van der Waals surface area (Å²) in [5.74, 6) is 2.36. The fourth-order valence-corrected chi connectivity index (χ4v) is 3.96. The largest absolute Gasteiger partial charge is 0.309 e. The third-order valence-electron chi connectivity index (χ3n) is 5.02. The molecule has 2 saturated carbocycles. The van der Waals surface area contributed by atoms with Crippen molar-refractivity contribution in [3.63, 3.8) is 0 Å². The average molecular weight is 296 g/mol. The Morgan fingerprint density at radius 2 is 2.23 bits per heavy atom. The van der Waals surface area contributed by atoms with E-state index in [0.29, 0.717) is 18.3 Å². The topological polar surface area (TPSA) is 59.8 Å². The maximum atomic E-state index is 12.4. The molecule has 1 amide bonds. The van der Waals surface area contributed by atoms with Crippen LogP contribution >= 0.6 is 0 Å². The minimum absolute atomic E-state index is 0.148. The first-order valence-corrected chi connectivity index (χ1v) is 8.02. The summed E-state index contributed by atoms with van der Waals surface area (Å²) in [6, 6.07) is 7.68. The van der Waals surface area contributed by atoms with Gasteiger partial charge in [-0.05, 0) is 43.2 Å². The number of amides is 1. The molecule has 2 fully saturated rings. The molecule has 2 aliphatic rings. The Balaban J connectivity index is 1.38. The van der Waals surface area contributed by atoms with Gasteiger partial charge in [0.15, 0.2) is 5.82 Å². The zero-order valence-corrected chi connectivity index (χ0v) is 12.5. The van der Waals surface area contributed by atoms with E-state index in [-0.39, 0.29) is 11.8 Å². The lowest BCUT2D eigenvalue weighted by atomic mass is 9.88. The highest BCUT2D eigenvalue weighted by molar-refractivity contribution is 5.92. The van der Waals surface area contributed by atoms with E-state index in [1.165, 1.54) is 19.3 Å². The number of hydrogen-bond acceptors (Lipinski definition) is 3. The number of nitrogens with one attached hydrogen (secondary N) is 1. The number of rotatable bonds is 4. The van der Waals surface area contributed by atoms with E-state index in [1.807, 2.05) is 30.5 Å². The van der Waals surface area contributed by atoms with E-state index in [9.17, 15) is 4.79 Å². The fourth-order valence-electron chi connectivity index (χ4n) is 3.96. The van der Waals surface area contributed by atoms with E-state index >= 15 is 0 Å². The van der Waals surface area contributed by atoms with Gasteiger partial charge in [0.25, 0.3) is 0 Å². The predicted molar refractivity (Wildman–Crippen MR) is 83.1 cm³/mol. The van der Waals surface area contributed by atoms with Crippen LogP contribution in [0.4, 0.5) is 5.82 Å². The standard InChI is InChI=1S/C17H20N4O/c22-17(15-10-12-4-5-13(15)9-12)19-16-6-8-21(20-16)11-14-3-1-2-7-18-14/h1-3,6-8,12-13,15H,4-5,9-11H2,(H,19,20,22).